The van der Waals surface area contributed by atoms with Crippen molar-refractivity contribution in [1.82, 2.24) is 9.88 Å². The Bertz CT molecular complexity index is 481. The van der Waals surface area contributed by atoms with E-state index >= 15 is 0 Å². The lowest BCUT2D eigenvalue weighted by atomic mass is 9.97. The van der Waals surface area contributed by atoms with E-state index in [0.29, 0.717) is 24.5 Å². The SMILES string of the molecule is O=C(CCSCc1ccccn1)N1CCCC(C(F)(F)F)C1. The zero-order valence-electron chi connectivity index (χ0n) is 12.2. The Morgan fingerprint density at radius 3 is 2.91 bits per heavy atom. The molecule has 1 aromatic rings. The first kappa shape index (κ1) is 17.1. The second-order valence-electron chi connectivity index (χ2n) is 5.34. The Morgan fingerprint density at radius 2 is 2.23 bits per heavy atom. The van der Waals surface area contributed by atoms with Crippen molar-refractivity contribution in [2.24, 2.45) is 5.92 Å². The van der Waals surface area contributed by atoms with Crippen LogP contribution >= 0.6 is 11.8 Å². The number of amides is 1. The molecule has 1 unspecified atom stereocenters. The van der Waals surface area contributed by atoms with Gasteiger partial charge in [-0.25, -0.2) is 0 Å². The van der Waals surface area contributed by atoms with Gasteiger partial charge in [-0.2, -0.15) is 24.9 Å². The van der Waals surface area contributed by atoms with Gasteiger partial charge in [0.2, 0.25) is 5.91 Å². The summed E-state index contributed by atoms with van der Waals surface area (Å²) in [7, 11) is 0. The van der Waals surface area contributed by atoms with Crippen LogP contribution in [0.2, 0.25) is 0 Å². The molecule has 0 bridgehead atoms. The average molecular weight is 332 g/mol. The quantitative estimate of drug-likeness (QED) is 0.774. The maximum absolute atomic E-state index is 12.7. The zero-order chi connectivity index (χ0) is 16.0. The fourth-order valence-corrected chi connectivity index (χ4v) is 3.29. The van der Waals surface area contributed by atoms with Crippen molar-refractivity contribution in [3.8, 4) is 0 Å². The van der Waals surface area contributed by atoms with Crippen LogP contribution in [-0.2, 0) is 10.5 Å². The van der Waals surface area contributed by atoms with Gasteiger partial charge in [0.15, 0.2) is 0 Å². The molecular formula is C15H19F3N2OS. The van der Waals surface area contributed by atoms with Crippen LogP contribution in [0.3, 0.4) is 0 Å². The zero-order valence-corrected chi connectivity index (χ0v) is 13.0. The van der Waals surface area contributed by atoms with Crippen LogP contribution in [0.5, 0.6) is 0 Å². The number of piperidine rings is 1. The minimum Gasteiger partial charge on any atom is -0.342 e. The number of carbonyl (C=O) groups excluding carboxylic acids is 1. The number of hydrogen-bond acceptors (Lipinski definition) is 3. The largest absolute Gasteiger partial charge is 0.393 e. The minimum atomic E-state index is -4.20. The van der Waals surface area contributed by atoms with E-state index in [1.165, 1.54) is 4.90 Å². The van der Waals surface area contributed by atoms with Crippen molar-refractivity contribution in [2.75, 3.05) is 18.8 Å². The summed E-state index contributed by atoms with van der Waals surface area (Å²) in [6.07, 6.45) is -1.65. The molecule has 0 aromatic carbocycles. The van der Waals surface area contributed by atoms with Crippen LogP contribution < -0.4 is 0 Å². The molecule has 2 rings (SSSR count). The predicted molar refractivity (Wildman–Crippen MR) is 80.4 cm³/mol. The molecule has 1 atom stereocenters. The molecule has 0 saturated carbocycles. The molecule has 22 heavy (non-hydrogen) atoms. The van der Waals surface area contributed by atoms with Crippen LogP contribution in [0.1, 0.15) is 25.0 Å². The van der Waals surface area contributed by atoms with Gasteiger partial charge in [-0.05, 0) is 25.0 Å². The molecule has 2 heterocycles. The van der Waals surface area contributed by atoms with Crippen molar-refractivity contribution in [3.63, 3.8) is 0 Å². The fourth-order valence-electron chi connectivity index (χ4n) is 2.45. The molecule has 1 aliphatic heterocycles. The van der Waals surface area contributed by atoms with E-state index in [9.17, 15) is 18.0 Å². The second kappa shape index (κ2) is 7.85. The molecule has 0 aliphatic carbocycles. The Kier molecular flexibility index (Phi) is 6.11. The molecule has 1 amide bonds. The lowest BCUT2D eigenvalue weighted by Crippen LogP contribution is -2.44. The number of carbonyl (C=O) groups is 1. The number of thioether (sulfide) groups is 1. The molecule has 1 saturated heterocycles. The maximum atomic E-state index is 12.7. The van der Waals surface area contributed by atoms with E-state index in [-0.39, 0.29) is 25.3 Å². The third-order valence-electron chi connectivity index (χ3n) is 3.67. The topological polar surface area (TPSA) is 33.2 Å². The number of alkyl halides is 3. The Balaban J connectivity index is 1.71. The standard InChI is InChI=1S/C15H19F3N2OS/c16-15(17,18)12-4-3-8-20(10-12)14(21)6-9-22-11-13-5-1-2-7-19-13/h1-2,5,7,12H,3-4,6,8-11H2. The molecule has 122 valence electrons. The van der Waals surface area contributed by atoms with E-state index in [0.717, 1.165) is 5.69 Å². The minimum absolute atomic E-state index is 0.127. The van der Waals surface area contributed by atoms with E-state index in [2.05, 4.69) is 4.98 Å². The van der Waals surface area contributed by atoms with Crippen LogP contribution in [0.25, 0.3) is 0 Å². The fraction of sp³-hybridized carbons (Fsp3) is 0.600. The van der Waals surface area contributed by atoms with Crippen LogP contribution in [0.15, 0.2) is 24.4 Å². The van der Waals surface area contributed by atoms with Gasteiger partial charge >= 0.3 is 6.18 Å². The lowest BCUT2D eigenvalue weighted by Gasteiger charge is -2.33. The summed E-state index contributed by atoms with van der Waals surface area (Å²) in [5, 5.41) is 0. The summed E-state index contributed by atoms with van der Waals surface area (Å²) >= 11 is 1.57. The monoisotopic (exact) mass is 332 g/mol. The molecule has 0 radical (unpaired) electrons. The number of halogens is 3. The first-order chi connectivity index (χ1) is 10.5. The summed E-state index contributed by atoms with van der Waals surface area (Å²) in [5.74, 6) is -0.240. The highest BCUT2D eigenvalue weighted by molar-refractivity contribution is 7.98. The predicted octanol–water partition coefficient (Wildman–Crippen LogP) is 3.51. The van der Waals surface area contributed by atoms with Crippen molar-refractivity contribution in [1.29, 1.82) is 0 Å². The van der Waals surface area contributed by atoms with Gasteiger partial charge in [0.25, 0.3) is 0 Å². The molecule has 0 N–H and O–H groups in total. The van der Waals surface area contributed by atoms with Gasteiger partial charge in [-0.1, -0.05) is 6.07 Å². The van der Waals surface area contributed by atoms with E-state index < -0.39 is 12.1 Å². The van der Waals surface area contributed by atoms with Gasteiger partial charge in [-0.3, -0.25) is 9.78 Å². The summed E-state index contributed by atoms with van der Waals surface area (Å²) in [4.78, 5) is 17.6. The highest BCUT2D eigenvalue weighted by atomic mass is 32.2. The highest BCUT2D eigenvalue weighted by Crippen LogP contribution is 2.33. The van der Waals surface area contributed by atoms with Gasteiger partial charge in [-0.15, -0.1) is 0 Å². The van der Waals surface area contributed by atoms with Crippen molar-refractivity contribution in [3.05, 3.63) is 30.1 Å². The van der Waals surface area contributed by atoms with Crippen molar-refractivity contribution >= 4 is 17.7 Å². The molecule has 0 spiro atoms. The number of pyridine rings is 1. The van der Waals surface area contributed by atoms with E-state index in [1.54, 1.807) is 18.0 Å². The number of hydrogen-bond donors (Lipinski definition) is 0. The number of likely N-dealkylation sites (tertiary alicyclic amines) is 1. The molecule has 3 nitrogen and oxygen atoms in total. The van der Waals surface area contributed by atoms with Gasteiger partial charge in [0.1, 0.15) is 0 Å². The summed E-state index contributed by atoms with van der Waals surface area (Å²) in [6, 6.07) is 5.65. The molecule has 1 fully saturated rings. The van der Waals surface area contributed by atoms with Gasteiger partial charge in [0.05, 0.1) is 11.6 Å². The first-order valence-electron chi connectivity index (χ1n) is 7.29. The summed E-state index contributed by atoms with van der Waals surface area (Å²) in [6.45, 7) is 0.254. The molecule has 7 heteroatoms. The lowest BCUT2D eigenvalue weighted by molar-refractivity contribution is -0.188. The van der Waals surface area contributed by atoms with E-state index in [4.69, 9.17) is 0 Å². The van der Waals surface area contributed by atoms with Crippen LogP contribution in [-0.4, -0.2) is 40.8 Å². The number of aromatic nitrogens is 1. The smallest absolute Gasteiger partial charge is 0.342 e. The third kappa shape index (κ3) is 5.19. The second-order valence-corrected chi connectivity index (χ2v) is 6.45. The van der Waals surface area contributed by atoms with Gasteiger partial charge < -0.3 is 4.90 Å². The van der Waals surface area contributed by atoms with Crippen molar-refractivity contribution in [2.45, 2.75) is 31.2 Å². The number of rotatable bonds is 5. The summed E-state index contributed by atoms with van der Waals surface area (Å²) < 4.78 is 38.2. The normalized spacial score (nSPS) is 19.2. The Labute approximate surface area is 132 Å². The Hall–Kier alpha value is -1.24. The van der Waals surface area contributed by atoms with Crippen LogP contribution in [0.4, 0.5) is 13.2 Å². The van der Waals surface area contributed by atoms with Gasteiger partial charge in [0, 0.05) is 37.2 Å². The van der Waals surface area contributed by atoms with Crippen molar-refractivity contribution < 1.29 is 18.0 Å². The third-order valence-corrected chi connectivity index (χ3v) is 4.67. The first-order valence-corrected chi connectivity index (χ1v) is 8.44. The Morgan fingerprint density at radius 1 is 1.41 bits per heavy atom. The number of nitrogens with zero attached hydrogens (tertiary/aromatic N) is 2. The van der Waals surface area contributed by atoms with E-state index in [1.807, 2.05) is 18.2 Å². The molecule has 1 aliphatic rings. The van der Waals surface area contributed by atoms with Crippen LogP contribution in [0, 0.1) is 5.92 Å². The molecular weight excluding hydrogens is 313 g/mol. The summed E-state index contributed by atoms with van der Waals surface area (Å²) in [5.41, 5.74) is 0.940. The maximum Gasteiger partial charge on any atom is 0.393 e. The highest BCUT2D eigenvalue weighted by Gasteiger charge is 2.42. The average Bonchev–Trinajstić information content (AvgIpc) is 2.52. The molecule has 1 aromatic heterocycles.